The maximum Gasteiger partial charge on any atom is 0.162 e. The molecule has 2 aromatic rings. The average molecular weight is 302 g/mol. The summed E-state index contributed by atoms with van der Waals surface area (Å²) in [5.74, 6) is -0.318. The summed E-state index contributed by atoms with van der Waals surface area (Å²) in [7, 11) is 1.79. The number of hydrogen-bond donors (Lipinski definition) is 0. The summed E-state index contributed by atoms with van der Waals surface area (Å²) in [5, 5.41) is 8.45. The summed E-state index contributed by atoms with van der Waals surface area (Å²) in [6.07, 6.45) is 0.222. The Morgan fingerprint density at radius 3 is 2.59 bits per heavy atom. The fourth-order valence-electron chi connectivity index (χ4n) is 1.52. The summed E-state index contributed by atoms with van der Waals surface area (Å²) in [6.45, 7) is 0. The molecule has 2 rings (SSSR count). The summed E-state index contributed by atoms with van der Waals surface area (Å²) in [4.78, 5) is 0. The highest BCUT2D eigenvalue weighted by atomic mass is 79.9. The van der Waals surface area contributed by atoms with E-state index in [1.807, 2.05) is 0 Å². The second kappa shape index (κ2) is 4.91. The Kier molecular flexibility index (Phi) is 3.51. The van der Waals surface area contributed by atoms with Crippen molar-refractivity contribution in [3.8, 4) is 0 Å². The predicted molar refractivity (Wildman–Crippen MR) is 62.8 cm³/mol. The maximum absolute atomic E-state index is 13.5. The molecule has 0 fully saturated rings. The van der Waals surface area contributed by atoms with E-state index >= 15 is 0 Å². The van der Waals surface area contributed by atoms with Gasteiger partial charge in [-0.1, -0.05) is 28.1 Å². The Morgan fingerprint density at radius 2 is 1.94 bits per heavy atom. The number of aromatic nitrogens is 3. The van der Waals surface area contributed by atoms with Crippen LogP contribution >= 0.6 is 15.9 Å². The van der Waals surface area contributed by atoms with Crippen LogP contribution in [-0.4, -0.2) is 14.8 Å². The first-order valence-electron chi connectivity index (χ1n) is 4.99. The van der Waals surface area contributed by atoms with Crippen LogP contribution in [0.4, 0.5) is 8.78 Å². The molecule has 0 aliphatic heterocycles. The summed E-state index contributed by atoms with van der Waals surface area (Å²) < 4.78 is 28.3. The van der Waals surface area contributed by atoms with Crippen molar-refractivity contribution in [3.63, 3.8) is 0 Å². The smallest absolute Gasteiger partial charge is 0.162 e. The number of nitrogens with zero attached hydrogens (tertiary/aromatic N) is 3. The molecule has 0 bridgehead atoms. The molecule has 3 nitrogen and oxygen atoms in total. The quantitative estimate of drug-likeness (QED) is 0.816. The molecule has 6 heteroatoms. The maximum atomic E-state index is 13.5. The Balaban J connectivity index is 2.31. The van der Waals surface area contributed by atoms with Crippen LogP contribution in [-0.2, 0) is 18.8 Å². The van der Waals surface area contributed by atoms with Gasteiger partial charge in [-0.25, -0.2) is 8.78 Å². The molecular formula is C11H10BrF2N3. The fourth-order valence-corrected chi connectivity index (χ4v) is 2.01. The van der Waals surface area contributed by atoms with E-state index in [1.165, 1.54) is 6.07 Å². The Bertz CT molecular complexity index is 540. The molecule has 0 amide bonds. The van der Waals surface area contributed by atoms with Gasteiger partial charge in [0.2, 0.25) is 0 Å². The van der Waals surface area contributed by atoms with Crippen LogP contribution in [0.5, 0.6) is 0 Å². The standard InChI is InChI=1S/C11H10BrF2N3/c1-17-9(15-16-10(17)6-12)5-7-3-2-4-8(13)11(7)14/h2-4H,5-6H2,1H3. The number of hydrogen-bond acceptors (Lipinski definition) is 2. The molecule has 17 heavy (non-hydrogen) atoms. The highest BCUT2D eigenvalue weighted by molar-refractivity contribution is 9.08. The molecule has 1 heterocycles. The number of halogens is 3. The number of alkyl halides is 1. The van der Waals surface area contributed by atoms with E-state index in [0.29, 0.717) is 11.2 Å². The van der Waals surface area contributed by atoms with E-state index in [-0.39, 0.29) is 12.0 Å². The van der Waals surface area contributed by atoms with Gasteiger partial charge in [-0.2, -0.15) is 0 Å². The van der Waals surface area contributed by atoms with E-state index in [1.54, 1.807) is 17.7 Å². The van der Waals surface area contributed by atoms with Crippen molar-refractivity contribution in [1.29, 1.82) is 0 Å². The van der Waals surface area contributed by atoms with Gasteiger partial charge in [0, 0.05) is 13.5 Å². The number of rotatable bonds is 3. The molecule has 90 valence electrons. The molecular weight excluding hydrogens is 292 g/mol. The van der Waals surface area contributed by atoms with Crippen molar-refractivity contribution in [2.45, 2.75) is 11.8 Å². The number of benzene rings is 1. The van der Waals surface area contributed by atoms with Crippen LogP contribution in [0, 0.1) is 11.6 Å². The molecule has 0 aliphatic rings. The van der Waals surface area contributed by atoms with Crippen molar-refractivity contribution in [2.75, 3.05) is 0 Å². The van der Waals surface area contributed by atoms with Gasteiger partial charge >= 0.3 is 0 Å². The summed E-state index contributed by atoms with van der Waals surface area (Å²) in [5.41, 5.74) is 0.279. The van der Waals surface area contributed by atoms with Gasteiger partial charge in [-0.05, 0) is 11.6 Å². The Morgan fingerprint density at radius 1 is 1.24 bits per heavy atom. The third-order valence-corrected chi connectivity index (χ3v) is 3.06. The highest BCUT2D eigenvalue weighted by Gasteiger charge is 2.12. The van der Waals surface area contributed by atoms with Crippen molar-refractivity contribution in [3.05, 3.63) is 47.0 Å². The second-order valence-corrected chi connectivity index (χ2v) is 4.18. The normalized spacial score (nSPS) is 10.8. The van der Waals surface area contributed by atoms with Crippen molar-refractivity contribution in [1.82, 2.24) is 14.8 Å². The Hall–Kier alpha value is -1.30. The lowest BCUT2D eigenvalue weighted by molar-refractivity contribution is 0.499. The van der Waals surface area contributed by atoms with Gasteiger partial charge in [0.15, 0.2) is 11.6 Å². The van der Waals surface area contributed by atoms with Crippen LogP contribution in [0.2, 0.25) is 0 Å². The minimum atomic E-state index is -0.842. The lowest BCUT2D eigenvalue weighted by Gasteiger charge is -2.04. The Labute approximate surface area is 106 Å². The minimum absolute atomic E-state index is 0.222. The molecule has 0 saturated carbocycles. The van der Waals surface area contributed by atoms with E-state index in [0.717, 1.165) is 11.9 Å². The SMILES string of the molecule is Cn1c(CBr)nnc1Cc1cccc(F)c1F. The van der Waals surface area contributed by atoms with Gasteiger partial charge < -0.3 is 4.57 Å². The van der Waals surface area contributed by atoms with Gasteiger partial charge in [0.1, 0.15) is 11.6 Å². The van der Waals surface area contributed by atoms with Crippen LogP contribution < -0.4 is 0 Å². The molecule has 0 spiro atoms. The van der Waals surface area contributed by atoms with Gasteiger partial charge in [0.05, 0.1) is 5.33 Å². The molecule has 1 aromatic heterocycles. The van der Waals surface area contributed by atoms with E-state index < -0.39 is 11.6 Å². The molecule has 1 aromatic carbocycles. The topological polar surface area (TPSA) is 30.7 Å². The van der Waals surface area contributed by atoms with Crippen LogP contribution in [0.3, 0.4) is 0 Å². The lowest BCUT2D eigenvalue weighted by atomic mass is 10.1. The first-order valence-corrected chi connectivity index (χ1v) is 6.11. The van der Waals surface area contributed by atoms with Gasteiger partial charge in [-0.3, -0.25) is 0 Å². The molecule has 0 atom stereocenters. The molecule has 0 aliphatic carbocycles. The fraction of sp³-hybridized carbons (Fsp3) is 0.273. The monoisotopic (exact) mass is 301 g/mol. The zero-order chi connectivity index (χ0) is 12.4. The molecule has 0 N–H and O–H groups in total. The third kappa shape index (κ3) is 2.36. The van der Waals surface area contributed by atoms with Crippen LogP contribution in [0.25, 0.3) is 0 Å². The van der Waals surface area contributed by atoms with E-state index in [4.69, 9.17) is 0 Å². The first-order chi connectivity index (χ1) is 8.13. The largest absolute Gasteiger partial charge is 0.317 e. The summed E-state index contributed by atoms with van der Waals surface area (Å²) >= 11 is 3.28. The van der Waals surface area contributed by atoms with Crippen LogP contribution in [0.1, 0.15) is 17.2 Å². The van der Waals surface area contributed by atoms with E-state index in [2.05, 4.69) is 26.1 Å². The third-order valence-electron chi connectivity index (χ3n) is 2.55. The van der Waals surface area contributed by atoms with Crippen molar-refractivity contribution < 1.29 is 8.78 Å². The van der Waals surface area contributed by atoms with Gasteiger partial charge in [-0.15, -0.1) is 10.2 Å². The molecule has 0 saturated heterocycles. The minimum Gasteiger partial charge on any atom is -0.317 e. The predicted octanol–water partition coefficient (Wildman–Crippen LogP) is 2.58. The molecule has 0 unspecified atom stereocenters. The zero-order valence-electron chi connectivity index (χ0n) is 9.12. The van der Waals surface area contributed by atoms with E-state index in [9.17, 15) is 8.78 Å². The van der Waals surface area contributed by atoms with Crippen LogP contribution in [0.15, 0.2) is 18.2 Å². The van der Waals surface area contributed by atoms with Gasteiger partial charge in [0.25, 0.3) is 0 Å². The van der Waals surface area contributed by atoms with Crippen molar-refractivity contribution in [2.24, 2.45) is 7.05 Å². The first kappa shape index (κ1) is 12.2. The highest BCUT2D eigenvalue weighted by Crippen LogP contribution is 2.15. The second-order valence-electron chi connectivity index (χ2n) is 3.61. The lowest BCUT2D eigenvalue weighted by Crippen LogP contribution is -2.04. The average Bonchev–Trinajstić information content (AvgIpc) is 2.66. The summed E-state index contributed by atoms with van der Waals surface area (Å²) in [6, 6.07) is 4.12. The molecule has 0 radical (unpaired) electrons. The zero-order valence-corrected chi connectivity index (χ0v) is 10.7. The van der Waals surface area contributed by atoms with Crippen molar-refractivity contribution >= 4 is 15.9 Å².